The van der Waals surface area contributed by atoms with Crippen molar-refractivity contribution >= 4 is 17.4 Å². The minimum absolute atomic E-state index is 0.291. The van der Waals surface area contributed by atoms with Gasteiger partial charge in [0, 0.05) is 23.2 Å². The number of nitrogens with zero attached hydrogens (tertiary/aromatic N) is 5. The number of hydrogen-bond acceptors (Lipinski definition) is 5. The number of alkyl halides is 3. The van der Waals surface area contributed by atoms with Crippen LogP contribution in [0.15, 0.2) is 83.4 Å². The standard InChI is InChI=1S/C32H29F3N6O2S/c1-20-6-15-28(27(16-20)23-4-3-5-23)41-21(2)18-44-31(41)38-30(42)36-17-22-7-9-24(10-8-22)29-37-19-40(39-29)25-11-13-26(14-12-25)43-32(33,34)35/h6-16,18-19,23H,3-5,17H2,1-2H3,(H,36,42)/b38-31-. The first-order chi connectivity index (χ1) is 21.1. The van der Waals surface area contributed by atoms with E-state index in [-0.39, 0.29) is 5.75 Å². The van der Waals surface area contributed by atoms with Gasteiger partial charge < -0.3 is 10.1 Å². The summed E-state index contributed by atoms with van der Waals surface area (Å²) in [5.74, 6) is 0.672. The van der Waals surface area contributed by atoms with E-state index in [4.69, 9.17) is 0 Å². The molecule has 2 amide bonds. The fourth-order valence-corrected chi connectivity index (χ4v) is 5.95. The van der Waals surface area contributed by atoms with E-state index in [0.717, 1.165) is 22.5 Å². The number of aryl methyl sites for hydroxylation is 2. The van der Waals surface area contributed by atoms with E-state index in [1.807, 2.05) is 36.6 Å². The highest BCUT2D eigenvalue weighted by Gasteiger charge is 2.31. The number of amides is 2. The molecule has 6 rings (SSSR count). The van der Waals surface area contributed by atoms with E-state index in [1.54, 1.807) is 0 Å². The Morgan fingerprint density at radius 3 is 2.50 bits per heavy atom. The number of nitrogens with one attached hydrogen (secondary N) is 1. The van der Waals surface area contributed by atoms with Gasteiger partial charge in [-0.25, -0.2) is 14.5 Å². The largest absolute Gasteiger partial charge is 0.573 e. The van der Waals surface area contributed by atoms with Gasteiger partial charge in [0.1, 0.15) is 12.1 Å². The number of aromatic nitrogens is 4. The second-order valence-electron chi connectivity index (χ2n) is 10.7. The van der Waals surface area contributed by atoms with Crippen LogP contribution >= 0.6 is 11.3 Å². The van der Waals surface area contributed by atoms with Crippen molar-refractivity contribution < 1.29 is 22.7 Å². The number of thiazole rings is 1. The molecular formula is C32H29F3N6O2S. The van der Waals surface area contributed by atoms with E-state index in [9.17, 15) is 18.0 Å². The summed E-state index contributed by atoms with van der Waals surface area (Å²) in [6.45, 7) is 4.42. The molecule has 1 fully saturated rings. The molecule has 0 radical (unpaired) electrons. The zero-order chi connectivity index (χ0) is 30.8. The van der Waals surface area contributed by atoms with Gasteiger partial charge in [-0.2, -0.15) is 4.99 Å². The van der Waals surface area contributed by atoms with Gasteiger partial charge in [0.05, 0.1) is 11.4 Å². The van der Waals surface area contributed by atoms with Crippen molar-refractivity contribution in [1.29, 1.82) is 0 Å². The Kier molecular flexibility index (Phi) is 8.09. The van der Waals surface area contributed by atoms with Crippen molar-refractivity contribution in [2.24, 2.45) is 4.99 Å². The molecule has 0 unspecified atom stereocenters. The van der Waals surface area contributed by atoms with Gasteiger partial charge >= 0.3 is 12.4 Å². The van der Waals surface area contributed by atoms with Gasteiger partial charge in [0.15, 0.2) is 10.6 Å². The van der Waals surface area contributed by atoms with E-state index < -0.39 is 12.4 Å². The first-order valence-electron chi connectivity index (χ1n) is 14.1. The molecule has 0 atom stereocenters. The molecule has 8 nitrogen and oxygen atoms in total. The third-order valence-corrected chi connectivity index (χ3v) is 8.47. The SMILES string of the molecule is Cc1ccc(-n2c(C)cs/c2=N\C(=O)NCc2ccc(-c3ncn(-c4ccc(OC(F)(F)F)cc4)n3)cc2)c(C2CCC2)c1. The third kappa shape index (κ3) is 6.60. The molecule has 0 saturated heterocycles. The zero-order valence-corrected chi connectivity index (χ0v) is 24.8. The lowest BCUT2D eigenvalue weighted by Crippen LogP contribution is -2.25. The summed E-state index contributed by atoms with van der Waals surface area (Å²) in [6.07, 6.45) is 0.338. The van der Waals surface area contributed by atoms with Crippen LogP contribution in [0.5, 0.6) is 5.75 Å². The van der Waals surface area contributed by atoms with Crippen molar-refractivity contribution in [2.45, 2.75) is 51.9 Å². The molecule has 2 aromatic heterocycles. The first-order valence-corrected chi connectivity index (χ1v) is 15.0. The van der Waals surface area contributed by atoms with Crippen LogP contribution in [-0.2, 0) is 6.54 Å². The van der Waals surface area contributed by atoms with Crippen LogP contribution in [-0.4, -0.2) is 31.7 Å². The van der Waals surface area contributed by atoms with E-state index in [2.05, 4.69) is 54.8 Å². The van der Waals surface area contributed by atoms with E-state index in [1.165, 1.54) is 77.0 Å². The van der Waals surface area contributed by atoms with Crippen LogP contribution in [0.1, 0.15) is 47.6 Å². The topological polar surface area (TPSA) is 86.3 Å². The predicted octanol–water partition coefficient (Wildman–Crippen LogP) is 7.38. The van der Waals surface area contributed by atoms with Crippen LogP contribution in [0.2, 0.25) is 0 Å². The van der Waals surface area contributed by atoms with Crippen LogP contribution < -0.4 is 14.9 Å². The Morgan fingerprint density at radius 2 is 1.82 bits per heavy atom. The molecule has 1 saturated carbocycles. The smallest absolute Gasteiger partial charge is 0.406 e. The van der Waals surface area contributed by atoms with Crippen molar-refractivity contribution in [3.8, 4) is 28.5 Å². The fourth-order valence-electron chi connectivity index (χ4n) is 5.08. The number of halogens is 3. The molecule has 1 N–H and O–H groups in total. The quantitative estimate of drug-likeness (QED) is 0.206. The maximum absolute atomic E-state index is 12.9. The van der Waals surface area contributed by atoms with Crippen LogP contribution in [0.3, 0.4) is 0 Å². The second-order valence-corrected chi connectivity index (χ2v) is 11.5. The summed E-state index contributed by atoms with van der Waals surface area (Å²) in [7, 11) is 0. The Labute approximate surface area is 255 Å². The summed E-state index contributed by atoms with van der Waals surface area (Å²) in [6, 6.07) is 18.8. The van der Waals surface area contributed by atoms with E-state index >= 15 is 0 Å². The number of hydrogen-bond donors (Lipinski definition) is 1. The molecule has 226 valence electrons. The third-order valence-electron chi connectivity index (χ3n) is 7.53. The lowest BCUT2D eigenvalue weighted by Gasteiger charge is -2.28. The van der Waals surface area contributed by atoms with Gasteiger partial charge in [0.2, 0.25) is 0 Å². The average Bonchev–Trinajstić information content (AvgIpc) is 3.58. The Balaban J connectivity index is 1.11. The average molecular weight is 619 g/mol. The van der Waals surface area contributed by atoms with Crippen molar-refractivity contribution in [2.75, 3.05) is 0 Å². The van der Waals surface area contributed by atoms with Gasteiger partial charge in [-0.15, -0.1) is 29.6 Å². The fraction of sp³-hybridized carbons (Fsp3) is 0.250. The van der Waals surface area contributed by atoms with E-state index in [0.29, 0.717) is 28.8 Å². The van der Waals surface area contributed by atoms with Crippen LogP contribution in [0.4, 0.5) is 18.0 Å². The highest BCUT2D eigenvalue weighted by atomic mass is 32.1. The number of carbonyl (C=O) groups is 1. The first kappa shape index (κ1) is 29.4. The molecule has 1 aliphatic rings. The van der Waals surface area contributed by atoms with Gasteiger partial charge in [-0.3, -0.25) is 4.57 Å². The lowest BCUT2D eigenvalue weighted by molar-refractivity contribution is -0.274. The summed E-state index contributed by atoms with van der Waals surface area (Å²) in [5.41, 5.74) is 6.81. The van der Waals surface area contributed by atoms with Crippen LogP contribution in [0, 0.1) is 13.8 Å². The van der Waals surface area contributed by atoms with Crippen LogP contribution in [0.25, 0.3) is 22.8 Å². The van der Waals surface area contributed by atoms with Gasteiger partial charge in [0.25, 0.3) is 0 Å². The number of benzene rings is 3. The molecule has 3 aromatic carbocycles. The van der Waals surface area contributed by atoms with Gasteiger partial charge in [-0.1, -0.05) is 48.4 Å². The zero-order valence-electron chi connectivity index (χ0n) is 24.0. The Bertz CT molecular complexity index is 1850. The molecule has 2 heterocycles. The van der Waals surface area contributed by atoms with Crippen molar-refractivity contribution in [1.82, 2.24) is 24.6 Å². The summed E-state index contributed by atoms with van der Waals surface area (Å²) < 4.78 is 44.7. The maximum Gasteiger partial charge on any atom is 0.573 e. The monoisotopic (exact) mass is 618 g/mol. The number of rotatable bonds is 7. The molecule has 0 aliphatic heterocycles. The molecule has 1 aliphatic carbocycles. The Morgan fingerprint density at radius 1 is 1.07 bits per heavy atom. The molecule has 5 aromatic rings. The number of ether oxygens (including phenoxy) is 1. The van der Waals surface area contributed by atoms with Crippen molar-refractivity contribution in [3.63, 3.8) is 0 Å². The number of carbonyl (C=O) groups excluding carboxylic acids is 1. The van der Waals surface area contributed by atoms with Gasteiger partial charge in [-0.05, 0) is 74.1 Å². The lowest BCUT2D eigenvalue weighted by atomic mass is 9.79. The summed E-state index contributed by atoms with van der Waals surface area (Å²) in [4.78, 5) is 22.2. The summed E-state index contributed by atoms with van der Waals surface area (Å²) in [5, 5.41) is 9.32. The minimum atomic E-state index is -4.75. The highest BCUT2D eigenvalue weighted by Crippen LogP contribution is 2.39. The highest BCUT2D eigenvalue weighted by molar-refractivity contribution is 7.07. The molecule has 0 bridgehead atoms. The number of urea groups is 1. The predicted molar refractivity (Wildman–Crippen MR) is 161 cm³/mol. The maximum atomic E-state index is 12.9. The minimum Gasteiger partial charge on any atom is -0.406 e. The summed E-state index contributed by atoms with van der Waals surface area (Å²) >= 11 is 1.44. The Hall–Kier alpha value is -4.71. The molecular weight excluding hydrogens is 589 g/mol. The van der Waals surface area contributed by atoms with Crippen molar-refractivity contribution in [3.05, 3.63) is 106 Å². The molecule has 12 heteroatoms. The molecule has 44 heavy (non-hydrogen) atoms. The second kappa shape index (κ2) is 12.1. The normalized spacial score (nSPS) is 14.0. The molecule has 0 spiro atoms.